The summed E-state index contributed by atoms with van der Waals surface area (Å²) in [6, 6.07) is 11.4. The van der Waals surface area contributed by atoms with Crippen LogP contribution < -0.4 is 5.32 Å². The summed E-state index contributed by atoms with van der Waals surface area (Å²) in [6.07, 6.45) is 2.01. The lowest BCUT2D eigenvalue weighted by Gasteiger charge is -2.26. The number of morpholine rings is 1. The van der Waals surface area contributed by atoms with Crippen molar-refractivity contribution < 1.29 is 13.9 Å². The number of amides is 1. The van der Waals surface area contributed by atoms with Gasteiger partial charge in [0.05, 0.1) is 25.0 Å². The Hall–Kier alpha value is -2.93. The minimum absolute atomic E-state index is 0.130. The smallest absolute Gasteiger partial charge is 0.224 e. The van der Waals surface area contributed by atoms with Crippen molar-refractivity contribution in [3.05, 3.63) is 42.7 Å². The number of nitrogens with zero attached hydrogens (tertiary/aromatic N) is 3. The Morgan fingerprint density at radius 2 is 1.96 bits per heavy atom. The summed E-state index contributed by atoms with van der Waals surface area (Å²) >= 11 is 0. The van der Waals surface area contributed by atoms with Crippen LogP contribution in [0, 0.1) is 0 Å². The molecule has 26 heavy (non-hydrogen) atoms. The fourth-order valence-electron chi connectivity index (χ4n) is 2.99. The van der Waals surface area contributed by atoms with Crippen LogP contribution in [0.1, 0.15) is 6.42 Å². The molecule has 0 radical (unpaired) electrons. The average molecular weight is 352 g/mol. The van der Waals surface area contributed by atoms with Gasteiger partial charge in [-0.2, -0.15) is 0 Å². The second kappa shape index (κ2) is 7.53. The molecule has 1 aromatic carbocycles. The topological polar surface area (TPSA) is 80.5 Å². The van der Waals surface area contributed by atoms with Gasteiger partial charge in [-0.3, -0.25) is 4.79 Å². The maximum Gasteiger partial charge on any atom is 0.224 e. The van der Waals surface area contributed by atoms with Crippen molar-refractivity contribution in [2.75, 3.05) is 38.2 Å². The molecule has 0 aliphatic carbocycles. The maximum atomic E-state index is 12.3. The number of aromatic nitrogens is 2. The van der Waals surface area contributed by atoms with E-state index >= 15 is 0 Å². The third kappa shape index (κ3) is 3.52. The van der Waals surface area contributed by atoms with Gasteiger partial charge in [0.1, 0.15) is 5.82 Å². The third-order valence-electron chi connectivity index (χ3n) is 4.34. The van der Waals surface area contributed by atoms with Gasteiger partial charge < -0.3 is 19.4 Å². The van der Waals surface area contributed by atoms with Crippen LogP contribution in [0.2, 0.25) is 0 Å². The predicted molar refractivity (Wildman–Crippen MR) is 97.7 cm³/mol. The molecule has 7 nitrogen and oxygen atoms in total. The highest BCUT2D eigenvalue weighted by Gasteiger charge is 2.17. The quantitative estimate of drug-likeness (QED) is 0.760. The first kappa shape index (κ1) is 16.5. The number of rotatable bonds is 5. The summed E-state index contributed by atoms with van der Waals surface area (Å²) < 4.78 is 10.7. The van der Waals surface area contributed by atoms with Gasteiger partial charge in [-0.05, 0) is 24.3 Å². The predicted octanol–water partition coefficient (Wildman–Crippen LogP) is 2.55. The van der Waals surface area contributed by atoms with Crippen molar-refractivity contribution in [3.63, 3.8) is 0 Å². The molecule has 7 heteroatoms. The molecule has 1 fully saturated rings. The van der Waals surface area contributed by atoms with Crippen molar-refractivity contribution in [2.24, 2.45) is 0 Å². The average Bonchev–Trinajstić information content (AvgIpc) is 3.23. The van der Waals surface area contributed by atoms with Crippen molar-refractivity contribution in [3.8, 4) is 11.6 Å². The monoisotopic (exact) mass is 352 g/mol. The van der Waals surface area contributed by atoms with E-state index in [-0.39, 0.29) is 5.91 Å². The van der Waals surface area contributed by atoms with Gasteiger partial charge in [0.25, 0.3) is 0 Å². The van der Waals surface area contributed by atoms with Crippen LogP contribution in [-0.4, -0.2) is 53.6 Å². The van der Waals surface area contributed by atoms with Crippen molar-refractivity contribution in [2.45, 2.75) is 6.42 Å². The van der Waals surface area contributed by atoms with Gasteiger partial charge in [0.15, 0.2) is 11.6 Å². The number of benzene rings is 1. The number of hydrogen-bond donors (Lipinski definition) is 1. The van der Waals surface area contributed by atoms with Crippen molar-refractivity contribution >= 4 is 22.6 Å². The highest BCUT2D eigenvalue weighted by molar-refractivity contribution is 5.90. The molecule has 1 amide bonds. The van der Waals surface area contributed by atoms with E-state index in [2.05, 4.69) is 15.3 Å². The fraction of sp³-hybridized carbons (Fsp3) is 0.316. The molecule has 1 aliphatic heterocycles. The molecule has 4 rings (SSSR count). The number of para-hydroxylation sites is 1. The maximum absolute atomic E-state index is 12.3. The number of anilines is 1. The molecule has 0 bridgehead atoms. The Kier molecular flexibility index (Phi) is 4.79. The number of fused-ring (bicyclic) bond motifs is 1. The first-order valence-corrected chi connectivity index (χ1v) is 8.71. The molecule has 0 saturated carbocycles. The fourth-order valence-corrected chi connectivity index (χ4v) is 2.99. The molecule has 3 heterocycles. The zero-order valence-electron chi connectivity index (χ0n) is 14.4. The zero-order valence-corrected chi connectivity index (χ0v) is 14.4. The van der Waals surface area contributed by atoms with Gasteiger partial charge >= 0.3 is 0 Å². The molecule has 0 atom stereocenters. The van der Waals surface area contributed by atoms with Crippen LogP contribution in [0.25, 0.3) is 22.5 Å². The van der Waals surface area contributed by atoms with E-state index in [0.717, 1.165) is 10.9 Å². The standard InChI is InChI=1S/C19H20N4O3/c24-17(23-9-12-25-13-10-23)7-8-20-18-14-4-1-2-5-15(14)21-19(22-18)16-6-3-11-26-16/h1-6,11H,7-10,12-13H2,(H,20,21,22). The Bertz CT molecular complexity index is 889. The summed E-state index contributed by atoms with van der Waals surface area (Å²) in [5.74, 6) is 1.97. The first-order chi connectivity index (χ1) is 12.8. The van der Waals surface area contributed by atoms with E-state index in [4.69, 9.17) is 9.15 Å². The van der Waals surface area contributed by atoms with Crippen LogP contribution in [-0.2, 0) is 9.53 Å². The lowest BCUT2D eigenvalue weighted by atomic mass is 10.2. The molecule has 0 unspecified atom stereocenters. The molecule has 1 aliphatic rings. The van der Waals surface area contributed by atoms with Crippen LogP contribution in [0.4, 0.5) is 5.82 Å². The van der Waals surface area contributed by atoms with Gasteiger partial charge in [-0.15, -0.1) is 0 Å². The van der Waals surface area contributed by atoms with E-state index in [1.165, 1.54) is 0 Å². The lowest BCUT2D eigenvalue weighted by Crippen LogP contribution is -2.41. The number of furan rings is 1. The lowest BCUT2D eigenvalue weighted by molar-refractivity contribution is -0.134. The van der Waals surface area contributed by atoms with E-state index < -0.39 is 0 Å². The van der Waals surface area contributed by atoms with Crippen molar-refractivity contribution in [1.82, 2.24) is 14.9 Å². The molecule has 134 valence electrons. The number of carbonyl (C=O) groups is 1. The summed E-state index contributed by atoms with van der Waals surface area (Å²) in [5, 5.41) is 4.21. The molecule has 1 N–H and O–H groups in total. The van der Waals surface area contributed by atoms with E-state index in [1.807, 2.05) is 41.3 Å². The molecular formula is C19H20N4O3. The minimum Gasteiger partial charge on any atom is -0.461 e. The van der Waals surface area contributed by atoms with E-state index in [0.29, 0.717) is 56.7 Å². The van der Waals surface area contributed by atoms with Crippen LogP contribution >= 0.6 is 0 Å². The Labute approximate surface area is 151 Å². The second-order valence-electron chi connectivity index (χ2n) is 6.06. The second-order valence-corrected chi connectivity index (χ2v) is 6.06. The van der Waals surface area contributed by atoms with Gasteiger partial charge in [0, 0.05) is 31.4 Å². The molecule has 0 spiro atoms. The first-order valence-electron chi connectivity index (χ1n) is 8.71. The van der Waals surface area contributed by atoms with Crippen molar-refractivity contribution in [1.29, 1.82) is 0 Å². The van der Waals surface area contributed by atoms with E-state index in [1.54, 1.807) is 6.26 Å². The highest BCUT2D eigenvalue weighted by Crippen LogP contribution is 2.25. The third-order valence-corrected chi connectivity index (χ3v) is 4.34. The van der Waals surface area contributed by atoms with E-state index in [9.17, 15) is 4.79 Å². The SMILES string of the molecule is O=C(CCNc1nc(-c2ccco2)nc2ccccc12)N1CCOCC1. The minimum atomic E-state index is 0.130. The Balaban J connectivity index is 1.51. The van der Waals surface area contributed by atoms with Crippen LogP contribution in [0.5, 0.6) is 0 Å². The molecule has 2 aromatic heterocycles. The molecule has 1 saturated heterocycles. The zero-order chi connectivity index (χ0) is 17.8. The number of nitrogens with one attached hydrogen (secondary N) is 1. The summed E-state index contributed by atoms with van der Waals surface area (Å²) in [7, 11) is 0. The highest BCUT2D eigenvalue weighted by atomic mass is 16.5. The number of carbonyl (C=O) groups excluding carboxylic acids is 1. The number of hydrogen-bond acceptors (Lipinski definition) is 6. The largest absolute Gasteiger partial charge is 0.461 e. The normalized spacial score (nSPS) is 14.5. The molecule has 3 aromatic rings. The summed E-state index contributed by atoms with van der Waals surface area (Å²) in [4.78, 5) is 23.3. The summed E-state index contributed by atoms with van der Waals surface area (Å²) in [6.45, 7) is 3.06. The molecular weight excluding hydrogens is 332 g/mol. The Morgan fingerprint density at radius 1 is 1.12 bits per heavy atom. The van der Waals surface area contributed by atoms with Gasteiger partial charge in [-0.1, -0.05) is 12.1 Å². The van der Waals surface area contributed by atoms with Gasteiger partial charge in [0.2, 0.25) is 5.91 Å². The number of ether oxygens (including phenoxy) is 1. The van der Waals surface area contributed by atoms with Crippen LogP contribution in [0.3, 0.4) is 0 Å². The Morgan fingerprint density at radius 3 is 2.77 bits per heavy atom. The van der Waals surface area contributed by atoms with Gasteiger partial charge in [-0.25, -0.2) is 9.97 Å². The summed E-state index contributed by atoms with van der Waals surface area (Å²) in [5.41, 5.74) is 0.830. The van der Waals surface area contributed by atoms with Crippen LogP contribution in [0.15, 0.2) is 47.1 Å².